The average molecular weight is 272 g/mol. The molecule has 0 aromatic rings. The molecule has 0 unspecified atom stereocenters. The van der Waals surface area contributed by atoms with Gasteiger partial charge in [0.25, 0.3) is 0 Å². The lowest BCUT2D eigenvalue weighted by Gasteiger charge is -2.16. The molecule has 0 saturated carbocycles. The van der Waals surface area contributed by atoms with Crippen LogP contribution in [0.25, 0.3) is 0 Å². The quantitative estimate of drug-likeness (QED) is 0.630. The molecule has 0 rings (SSSR count). The van der Waals surface area contributed by atoms with Crippen LogP contribution in [0.3, 0.4) is 0 Å². The predicted octanol–water partition coefficient (Wildman–Crippen LogP) is 3.39. The molecule has 0 aliphatic carbocycles. The van der Waals surface area contributed by atoms with Gasteiger partial charge in [0.1, 0.15) is 0 Å². The molecule has 0 spiro atoms. The van der Waals surface area contributed by atoms with Crippen LogP contribution in [-0.2, 0) is 8.23 Å². The van der Waals surface area contributed by atoms with Crippen LogP contribution in [0, 0.1) is 0 Å². The maximum absolute atomic E-state index is 5.89. The van der Waals surface area contributed by atoms with E-state index < -0.39 is 27.4 Å². The van der Waals surface area contributed by atoms with Gasteiger partial charge in [-0.05, 0) is 32.5 Å². The summed E-state index contributed by atoms with van der Waals surface area (Å²) in [5.74, 6) is 0. The monoisotopic (exact) mass is 271 g/mol. The summed E-state index contributed by atoms with van der Waals surface area (Å²) >= 11 is 0. The van der Waals surface area contributed by atoms with Crippen molar-refractivity contribution in [3.63, 3.8) is 0 Å². The van der Waals surface area contributed by atoms with E-state index in [2.05, 4.69) is 57.0 Å². The first kappa shape index (κ1) is 16.1. The molecule has 0 N–H and O–H groups in total. The molecule has 0 amide bonds. The van der Waals surface area contributed by atoms with E-state index in [1.807, 2.05) is 0 Å². The summed E-state index contributed by atoms with van der Waals surface area (Å²) in [5.41, 5.74) is 4.40. The molecule has 0 atom stereocenters. The van der Waals surface area contributed by atoms with Crippen molar-refractivity contribution in [3.05, 3.63) is 23.6 Å². The van der Waals surface area contributed by atoms with E-state index in [-0.39, 0.29) is 0 Å². The molecule has 16 heavy (non-hydrogen) atoms. The van der Waals surface area contributed by atoms with Crippen molar-refractivity contribution in [2.24, 2.45) is 0 Å². The maximum atomic E-state index is 5.89. The van der Waals surface area contributed by atoms with Crippen LogP contribution in [0.4, 0.5) is 0 Å². The van der Waals surface area contributed by atoms with E-state index in [0.717, 1.165) is 12.8 Å². The summed E-state index contributed by atoms with van der Waals surface area (Å²) < 4.78 is 11.8. The van der Waals surface area contributed by atoms with Crippen molar-refractivity contribution in [1.29, 1.82) is 0 Å². The third-order valence-corrected chi connectivity index (χ3v) is 8.07. The fourth-order valence-electron chi connectivity index (χ4n) is 1.11. The number of hydrogen-bond acceptors (Lipinski definition) is 2. The van der Waals surface area contributed by atoms with Gasteiger partial charge in [-0.25, -0.2) is 0 Å². The van der Waals surface area contributed by atoms with E-state index in [4.69, 9.17) is 8.23 Å². The van der Waals surface area contributed by atoms with Crippen LogP contribution in [0.2, 0.25) is 19.6 Å². The Morgan fingerprint density at radius 3 is 1.50 bits per heavy atom. The molecular weight excluding hydrogens is 248 g/mol. The smallest absolute Gasteiger partial charge is 0.359 e. The summed E-state index contributed by atoms with van der Waals surface area (Å²) in [6.07, 6.45) is 6.52. The summed E-state index contributed by atoms with van der Waals surface area (Å²) in [5, 5.41) is 0. The van der Waals surface area contributed by atoms with Crippen LogP contribution >= 0.6 is 0 Å². The SMILES string of the molecule is CCC=C[Si](C)O[Si](C)O[Si](C)C=CCC. The van der Waals surface area contributed by atoms with Gasteiger partial charge in [0, 0.05) is 0 Å². The Balaban J connectivity index is 3.84. The zero-order valence-electron chi connectivity index (χ0n) is 11.0. The lowest BCUT2D eigenvalue weighted by molar-refractivity contribution is 0.453. The van der Waals surface area contributed by atoms with Crippen LogP contribution in [-0.4, -0.2) is 27.4 Å². The topological polar surface area (TPSA) is 18.5 Å². The van der Waals surface area contributed by atoms with Crippen LogP contribution < -0.4 is 0 Å². The standard InChI is InChI=1S/C11H23O2Si3/c1-6-8-10-14(3)12-16(5)13-15(4)11-9-7-2/h8-11H,6-7H2,1-5H3. The van der Waals surface area contributed by atoms with Gasteiger partial charge in [-0.15, -0.1) is 0 Å². The molecule has 0 aliphatic heterocycles. The fourth-order valence-corrected chi connectivity index (χ4v) is 6.96. The minimum atomic E-state index is -1.06. The van der Waals surface area contributed by atoms with Crippen molar-refractivity contribution >= 4 is 27.4 Å². The molecule has 91 valence electrons. The Labute approximate surface area is 106 Å². The Morgan fingerprint density at radius 1 is 0.812 bits per heavy atom. The molecule has 0 fully saturated rings. The summed E-state index contributed by atoms with van der Waals surface area (Å²) in [6, 6.07) is 0. The molecule has 0 saturated heterocycles. The molecule has 5 heteroatoms. The summed E-state index contributed by atoms with van der Waals surface area (Å²) in [7, 11) is -2.63. The first-order valence-electron chi connectivity index (χ1n) is 5.79. The molecule has 0 heterocycles. The van der Waals surface area contributed by atoms with Crippen molar-refractivity contribution in [1.82, 2.24) is 0 Å². The molecule has 0 aromatic carbocycles. The summed E-state index contributed by atoms with van der Waals surface area (Å²) in [6.45, 7) is 10.7. The van der Waals surface area contributed by atoms with Gasteiger partial charge in [-0.2, -0.15) is 0 Å². The zero-order chi connectivity index (χ0) is 12.4. The second-order valence-electron chi connectivity index (χ2n) is 3.54. The highest BCUT2D eigenvalue weighted by molar-refractivity contribution is 6.70. The first-order chi connectivity index (χ1) is 7.60. The Hall–Kier alpha value is 0.0506. The van der Waals surface area contributed by atoms with E-state index in [9.17, 15) is 0 Å². The van der Waals surface area contributed by atoms with Gasteiger partial charge in [0.05, 0.1) is 0 Å². The zero-order valence-corrected chi connectivity index (χ0v) is 14.0. The average Bonchev–Trinajstić information content (AvgIpc) is 2.23. The fraction of sp³-hybridized carbons (Fsp3) is 0.636. The van der Waals surface area contributed by atoms with Gasteiger partial charge >= 0.3 is 9.28 Å². The van der Waals surface area contributed by atoms with Crippen LogP contribution in [0.15, 0.2) is 23.6 Å². The second kappa shape index (κ2) is 10.2. The minimum Gasteiger partial charge on any atom is -0.432 e. The first-order valence-corrected chi connectivity index (χ1v) is 11.6. The predicted molar refractivity (Wildman–Crippen MR) is 75.9 cm³/mol. The van der Waals surface area contributed by atoms with E-state index in [1.54, 1.807) is 0 Å². The second-order valence-corrected chi connectivity index (χ2v) is 9.26. The number of allylic oxidation sites excluding steroid dienone is 2. The summed E-state index contributed by atoms with van der Waals surface area (Å²) in [4.78, 5) is 0. The normalized spacial score (nSPS) is 13.0. The Bertz CT molecular complexity index is 197. The Morgan fingerprint density at radius 2 is 1.19 bits per heavy atom. The Kier molecular flexibility index (Phi) is 10.3. The van der Waals surface area contributed by atoms with Gasteiger partial charge in [-0.1, -0.05) is 37.4 Å². The largest absolute Gasteiger partial charge is 0.432 e. The van der Waals surface area contributed by atoms with Crippen LogP contribution in [0.5, 0.6) is 0 Å². The minimum absolute atomic E-state index is 0.785. The van der Waals surface area contributed by atoms with Crippen molar-refractivity contribution in [3.8, 4) is 0 Å². The highest BCUT2D eigenvalue weighted by atomic mass is 28.4. The molecule has 0 aromatic heterocycles. The van der Waals surface area contributed by atoms with Crippen molar-refractivity contribution < 1.29 is 8.23 Å². The van der Waals surface area contributed by atoms with E-state index in [1.165, 1.54) is 0 Å². The lowest BCUT2D eigenvalue weighted by atomic mass is 10.5. The third-order valence-electron chi connectivity index (χ3n) is 1.79. The van der Waals surface area contributed by atoms with E-state index >= 15 is 0 Å². The van der Waals surface area contributed by atoms with Gasteiger partial charge in [0.2, 0.25) is 18.1 Å². The molecule has 0 bridgehead atoms. The number of rotatable bonds is 8. The molecular formula is C11H23O2Si3. The van der Waals surface area contributed by atoms with Crippen molar-refractivity contribution in [2.75, 3.05) is 0 Å². The van der Waals surface area contributed by atoms with Gasteiger partial charge in [0.15, 0.2) is 0 Å². The lowest BCUT2D eigenvalue weighted by Crippen LogP contribution is -2.31. The van der Waals surface area contributed by atoms with E-state index in [0.29, 0.717) is 0 Å². The maximum Gasteiger partial charge on any atom is 0.359 e. The highest BCUT2D eigenvalue weighted by Gasteiger charge is 2.15. The molecule has 2 nitrogen and oxygen atoms in total. The molecule has 0 aliphatic rings. The molecule has 3 radical (unpaired) electrons. The van der Waals surface area contributed by atoms with Crippen molar-refractivity contribution in [2.45, 2.75) is 46.3 Å². The third kappa shape index (κ3) is 9.29. The highest BCUT2D eigenvalue weighted by Crippen LogP contribution is 1.99. The van der Waals surface area contributed by atoms with Gasteiger partial charge in [-0.3, -0.25) is 0 Å². The van der Waals surface area contributed by atoms with Crippen LogP contribution in [0.1, 0.15) is 26.7 Å². The number of hydrogen-bond donors (Lipinski definition) is 0. The van der Waals surface area contributed by atoms with Gasteiger partial charge < -0.3 is 8.23 Å².